The van der Waals surface area contributed by atoms with Crippen LogP contribution in [0.2, 0.25) is 5.02 Å². The van der Waals surface area contributed by atoms with E-state index in [1.54, 1.807) is 20.3 Å². The number of ether oxygens (including phenoxy) is 2. The van der Waals surface area contributed by atoms with Crippen LogP contribution in [0.25, 0.3) is 0 Å². The Labute approximate surface area is 119 Å². The molecule has 106 valence electrons. The zero-order valence-corrected chi connectivity index (χ0v) is 12.3. The molecule has 0 aliphatic rings. The van der Waals surface area contributed by atoms with Gasteiger partial charge in [-0.05, 0) is 36.6 Å². The maximum atomic E-state index is 11.8. The molecule has 0 heterocycles. The first-order chi connectivity index (χ1) is 9.08. The van der Waals surface area contributed by atoms with E-state index in [1.807, 2.05) is 13.0 Å². The maximum absolute atomic E-state index is 11.8. The van der Waals surface area contributed by atoms with Crippen molar-refractivity contribution in [3.8, 4) is 5.75 Å². The van der Waals surface area contributed by atoms with Crippen LogP contribution < -0.4 is 10.1 Å². The Morgan fingerprint density at radius 3 is 2.74 bits per heavy atom. The van der Waals surface area contributed by atoms with Gasteiger partial charge in [-0.1, -0.05) is 11.6 Å². The summed E-state index contributed by atoms with van der Waals surface area (Å²) in [6, 6.07) is 3.63. The standard InChI is InChI=1S/C14H20ClNO3/c1-10-7-13(19-3)12(15)8-11(10)9-14(17)16-5-4-6-18-2/h7-8H,4-6,9H2,1-3H3,(H,16,17). The number of aryl methyl sites for hydroxylation is 1. The second-order valence-electron chi connectivity index (χ2n) is 4.29. The van der Waals surface area contributed by atoms with Gasteiger partial charge in [0.1, 0.15) is 5.75 Å². The van der Waals surface area contributed by atoms with Gasteiger partial charge in [-0.25, -0.2) is 0 Å². The van der Waals surface area contributed by atoms with E-state index in [4.69, 9.17) is 21.1 Å². The number of hydrogen-bond acceptors (Lipinski definition) is 3. The molecule has 1 N–H and O–H groups in total. The van der Waals surface area contributed by atoms with E-state index in [0.29, 0.717) is 30.3 Å². The van der Waals surface area contributed by atoms with E-state index < -0.39 is 0 Å². The quantitative estimate of drug-likeness (QED) is 0.782. The van der Waals surface area contributed by atoms with Gasteiger partial charge in [-0.2, -0.15) is 0 Å². The molecule has 0 saturated carbocycles. The van der Waals surface area contributed by atoms with Crippen molar-refractivity contribution in [2.45, 2.75) is 19.8 Å². The molecule has 1 rings (SSSR count). The Morgan fingerprint density at radius 2 is 2.11 bits per heavy atom. The van der Waals surface area contributed by atoms with E-state index in [2.05, 4.69) is 5.32 Å². The number of nitrogens with one attached hydrogen (secondary N) is 1. The summed E-state index contributed by atoms with van der Waals surface area (Å²) in [5.41, 5.74) is 1.91. The lowest BCUT2D eigenvalue weighted by atomic mass is 10.0. The predicted molar refractivity (Wildman–Crippen MR) is 75.9 cm³/mol. The fourth-order valence-electron chi connectivity index (χ4n) is 1.72. The van der Waals surface area contributed by atoms with E-state index in [9.17, 15) is 4.79 Å². The molecule has 19 heavy (non-hydrogen) atoms. The molecule has 0 aliphatic heterocycles. The van der Waals surface area contributed by atoms with Crippen LogP contribution in [0.1, 0.15) is 17.5 Å². The Hall–Kier alpha value is -1.26. The van der Waals surface area contributed by atoms with Gasteiger partial charge < -0.3 is 14.8 Å². The fourth-order valence-corrected chi connectivity index (χ4v) is 1.99. The van der Waals surface area contributed by atoms with Crippen molar-refractivity contribution in [2.75, 3.05) is 27.4 Å². The van der Waals surface area contributed by atoms with Crippen molar-refractivity contribution < 1.29 is 14.3 Å². The fraction of sp³-hybridized carbons (Fsp3) is 0.500. The van der Waals surface area contributed by atoms with Crippen molar-refractivity contribution in [3.63, 3.8) is 0 Å². The van der Waals surface area contributed by atoms with E-state index >= 15 is 0 Å². The first-order valence-electron chi connectivity index (χ1n) is 6.17. The number of carbonyl (C=O) groups is 1. The number of methoxy groups -OCH3 is 2. The minimum Gasteiger partial charge on any atom is -0.495 e. The van der Waals surface area contributed by atoms with Gasteiger partial charge in [0.2, 0.25) is 5.91 Å². The minimum absolute atomic E-state index is 0.0135. The maximum Gasteiger partial charge on any atom is 0.224 e. The van der Waals surface area contributed by atoms with Gasteiger partial charge in [-0.3, -0.25) is 4.79 Å². The Kier molecular flexibility index (Phi) is 6.67. The van der Waals surface area contributed by atoms with Crippen LogP contribution in [-0.2, 0) is 16.0 Å². The van der Waals surface area contributed by atoms with Crippen LogP contribution >= 0.6 is 11.6 Å². The molecule has 0 unspecified atom stereocenters. The van der Waals surface area contributed by atoms with Crippen molar-refractivity contribution in [2.24, 2.45) is 0 Å². The minimum atomic E-state index is -0.0135. The number of rotatable bonds is 7. The van der Waals surface area contributed by atoms with Crippen LogP contribution in [0.3, 0.4) is 0 Å². The summed E-state index contributed by atoms with van der Waals surface area (Å²) in [6.45, 7) is 3.20. The third kappa shape index (κ3) is 5.09. The third-order valence-electron chi connectivity index (χ3n) is 2.81. The van der Waals surface area contributed by atoms with Gasteiger partial charge >= 0.3 is 0 Å². The van der Waals surface area contributed by atoms with Crippen LogP contribution in [0.5, 0.6) is 5.75 Å². The summed E-state index contributed by atoms with van der Waals surface area (Å²) in [6.07, 6.45) is 1.13. The Balaban J connectivity index is 2.57. The number of halogens is 1. The SMILES string of the molecule is COCCCNC(=O)Cc1cc(Cl)c(OC)cc1C. The zero-order chi connectivity index (χ0) is 14.3. The lowest BCUT2D eigenvalue weighted by molar-refractivity contribution is -0.120. The van der Waals surface area contributed by atoms with Crippen LogP contribution in [0.15, 0.2) is 12.1 Å². The van der Waals surface area contributed by atoms with Gasteiger partial charge in [-0.15, -0.1) is 0 Å². The number of amides is 1. The Bertz CT molecular complexity index is 435. The number of hydrogen-bond donors (Lipinski definition) is 1. The second-order valence-corrected chi connectivity index (χ2v) is 4.69. The molecule has 1 aromatic rings. The molecule has 0 radical (unpaired) electrons. The molecule has 5 heteroatoms. The largest absolute Gasteiger partial charge is 0.495 e. The summed E-state index contributed by atoms with van der Waals surface area (Å²) >= 11 is 6.06. The summed E-state index contributed by atoms with van der Waals surface area (Å²) in [7, 11) is 3.22. The topological polar surface area (TPSA) is 47.6 Å². The van der Waals surface area contributed by atoms with Gasteiger partial charge in [0.05, 0.1) is 18.6 Å². The summed E-state index contributed by atoms with van der Waals surface area (Å²) in [5.74, 6) is 0.615. The first-order valence-corrected chi connectivity index (χ1v) is 6.55. The molecule has 0 saturated heterocycles. The molecule has 0 spiro atoms. The van der Waals surface area contributed by atoms with Gasteiger partial charge in [0, 0.05) is 20.3 Å². The summed E-state index contributed by atoms with van der Waals surface area (Å²) in [5, 5.41) is 3.37. The molecule has 0 aromatic heterocycles. The molecular formula is C14H20ClNO3. The molecular weight excluding hydrogens is 266 g/mol. The molecule has 1 amide bonds. The molecule has 0 bridgehead atoms. The summed E-state index contributed by atoms with van der Waals surface area (Å²) in [4.78, 5) is 11.8. The highest BCUT2D eigenvalue weighted by Crippen LogP contribution is 2.27. The monoisotopic (exact) mass is 285 g/mol. The van der Waals surface area contributed by atoms with E-state index in [-0.39, 0.29) is 5.91 Å². The zero-order valence-electron chi connectivity index (χ0n) is 11.6. The summed E-state index contributed by atoms with van der Waals surface area (Å²) < 4.78 is 10.1. The van der Waals surface area contributed by atoms with Gasteiger partial charge in [0.25, 0.3) is 0 Å². The molecule has 0 atom stereocenters. The van der Waals surface area contributed by atoms with Crippen LogP contribution in [0.4, 0.5) is 0 Å². The van der Waals surface area contributed by atoms with E-state index in [0.717, 1.165) is 17.5 Å². The van der Waals surface area contributed by atoms with Crippen molar-refractivity contribution in [1.29, 1.82) is 0 Å². The lowest BCUT2D eigenvalue weighted by Crippen LogP contribution is -2.27. The van der Waals surface area contributed by atoms with Crippen LogP contribution in [-0.4, -0.2) is 33.3 Å². The highest BCUT2D eigenvalue weighted by atomic mass is 35.5. The average Bonchev–Trinajstić information content (AvgIpc) is 2.38. The molecule has 0 aliphatic carbocycles. The van der Waals surface area contributed by atoms with Gasteiger partial charge in [0.15, 0.2) is 0 Å². The average molecular weight is 286 g/mol. The normalized spacial score (nSPS) is 10.3. The first kappa shape index (κ1) is 15.8. The molecule has 4 nitrogen and oxygen atoms in total. The third-order valence-corrected chi connectivity index (χ3v) is 3.10. The number of benzene rings is 1. The smallest absolute Gasteiger partial charge is 0.224 e. The van der Waals surface area contributed by atoms with Crippen molar-refractivity contribution >= 4 is 17.5 Å². The highest BCUT2D eigenvalue weighted by Gasteiger charge is 2.09. The molecule has 1 aromatic carbocycles. The molecule has 0 fully saturated rings. The Morgan fingerprint density at radius 1 is 1.37 bits per heavy atom. The van der Waals surface area contributed by atoms with Crippen molar-refractivity contribution in [3.05, 3.63) is 28.3 Å². The number of carbonyl (C=O) groups excluding carboxylic acids is 1. The van der Waals surface area contributed by atoms with E-state index in [1.165, 1.54) is 0 Å². The van der Waals surface area contributed by atoms with Crippen LogP contribution in [0, 0.1) is 6.92 Å². The highest BCUT2D eigenvalue weighted by molar-refractivity contribution is 6.32. The van der Waals surface area contributed by atoms with Crippen molar-refractivity contribution in [1.82, 2.24) is 5.32 Å². The lowest BCUT2D eigenvalue weighted by Gasteiger charge is -2.10. The predicted octanol–water partition coefficient (Wildman–Crippen LogP) is 2.35. The second kappa shape index (κ2) is 8.02.